The molecule has 18 heavy (non-hydrogen) atoms. The molecule has 1 amide bonds. The number of nitrogens with zero attached hydrogens (tertiary/aromatic N) is 1. The standard InChI is InChI=1S/C12H14N2O3S/c1-7-2-3-9(13)8(4-7)11(15)14-6-18-5-10(14)12(16)17/h2-4,10H,5-6,13H2,1H3,(H,16,17)/t10-/m0/s1. The summed E-state index contributed by atoms with van der Waals surface area (Å²) in [4.78, 5) is 24.7. The van der Waals surface area contributed by atoms with Crippen molar-refractivity contribution in [3.63, 3.8) is 0 Å². The van der Waals surface area contributed by atoms with E-state index in [1.165, 1.54) is 16.7 Å². The van der Waals surface area contributed by atoms with Crippen molar-refractivity contribution in [2.24, 2.45) is 0 Å². The van der Waals surface area contributed by atoms with Crippen molar-refractivity contribution in [2.75, 3.05) is 17.4 Å². The molecule has 6 heteroatoms. The summed E-state index contributed by atoms with van der Waals surface area (Å²) in [5.74, 6) is -0.469. The highest BCUT2D eigenvalue weighted by Gasteiger charge is 2.35. The molecule has 0 spiro atoms. The van der Waals surface area contributed by atoms with Crippen LogP contribution < -0.4 is 5.73 Å². The van der Waals surface area contributed by atoms with Crippen LogP contribution in [0.15, 0.2) is 18.2 Å². The molecule has 0 radical (unpaired) electrons. The van der Waals surface area contributed by atoms with Crippen molar-refractivity contribution in [1.29, 1.82) is 0 Å². The van der Waals surface area contributed by atoms with Gasteiger partial charge < -0.3 is 15.7 Å². The predicted octanol–water partition coefficient (Wildman–Crippen LogP) is 1.18. The van der Waals surface area contributed by atoms with Gasteiger partial charge in [0.25, 0.3) is 5.91 Å². The SMILES string of the molecule is Cc1ccc(N)c(C(=O)N2CSC[C@H]2C(=O)O)c1. The Kier molecular flexibility index (Phi) is 3.47. The third-order valence-corrected chi connectivity index (χ3v) is 3.88. The lowest BCUT2D eigenvalue weighted by atomic mass is 10.1. The molecule has 1 aromatic rings. The van der Waals surface area contributed by atoms with E-state index in [0.717, 1.165) is 5.56 Å². The number of hydrogen-bond acceptors (Lipinski definition) is 4. The minimum atomic E-state index is -0.973. The van der Waals surface area contributed by atoms with Crippen molar-refractivity contribution in [3.8, 4) is 0 Å². The summed E-state index contributed by atoms with van der Waals surface area (Å²) >= 11 is 1.44. The Balaban J connectivity index is 2.31. The Morgan fingerprint density at radius 1 is 1.50 bits per heavy atom. The molecule has 1 saturated heterocycles. The Hall–Kier alpha value is -1.69. The molecule has 1 atom stereocenters. The van der Waals surface area contributed by atoms with Crippen LogP contribution in [0.1, 0.15) is 15.9 Å². The number of carboxylic acid groups (broad SMARTS) is 1. The van der Waals surface area contributed by atoms with E-state index < -0.39 is 12.0 Å². The number of thioether (sulfide) groups is 1. The maximum absolute atomic E-state index is 12.3. The van der Waals surface area contributed by atoms with Gasteiger partial charge in [-0.1, -0.05) is 11.6 Å². The second-order valence-corrected chi connectivity index (χ2v) is 5.22. The predicted molar refractivity (Wildman–Crippen MR) is 70.5 cm³/mol. The minimum absolute atomic E-state index is 0.311. The van der Waals surface area contributed by atoms with Crippen LogP contribution in [0.5, 0.6) is 0 Å². The van der Waals surface area contributed by atoms with E-state index in [-0.39, 0.29) is 5.91 Å². The molecule has 1 aliphatic rings. The molecule has 0 bridgehead atoms. The lowest BCUT2D eigenvalue weighted by Gasteiger charge is -2.21. The van der Waals surface area contributed by atoms with Gasteiger partial charge in [0.1, 0.15) is 6.04 Å². The molecule has 1 fully saturated rings. The van der Waals surface area contributed by atoms with Gasteiger partial charge in [0.05, 0.1) is 11.4 Å². The third kappa shape index (κ3) is 2.28. The van der Waals surface area contributed by atoms with E-state index in [0.29, 0.717) is 22.9 Å². The fourth-order valence-electron chi connectivity index (χ4n) is 1.86. The number of anilines is 1. The molecule has 5 nitrogen and oxygen atoms in total. The van der Waals surface area contributed by atoms with E-state index >= 15 is 0 Å². The summed E-state index contributed by atoms with van der Waals surface area (Å²) in [6.45, 7) is 1.86. The van der Waals surface area contributed by atoms with Gasteiger partial charge in [0.15, 0.2) is 0 Å². The summed E-state index contributed by atoms with van der Waals surface area (Å²) in [6, 6.07) is 4.42. The molecule has 1 heterocycles. The van der Waals surface area contributed by atoms with Crippen LogP contribution in [-0.4, -0.2) is 39.6 Å². The summed E-state index contributed by atoms with van der Waals surface area (Å²) in [6.07, 6.45) is 0. The number of nitrogens with two attached hydrogens (primary N) is 1. The zero-order chi connectivity index (χ0) is 13.3. The molecule has 1 aliphatic heterocycles. The molecule has 0 saturated carbocycles. The van der Waals surface area contributed by atoms with Crippen molar-refractivity contribution in [1.82, 2.24) is 4.90 Å². The number of nitrogen functional groups attached to an aromatic ring is 1. The molecular formula is C12H14N2O3S. The monoisotopic (exact) mass is 266 g/mol. The molecule has 1 aromatic carbocycles. The fraction of sp³-hybridized carbons (Fsp3) is 0.333. The molecule has 0 aliphatic carbocycles. The maximum atomic E-state index is 12.3. The topological polar surface area (TPSA) is 83.6 Å². The van der Waals surface area contributed by atoms with E-state index in [2.05, 4.69) is 0 Å². The highest BCUT2D eigenvalue weighted by Crippen LogP contribution is 2.25. The maximum Gasteiger partial charge on any atom is 0.327 e. The Morgan fingerprint density at radius 3 is 2.89 bits per heavy atom. The number of carboxylic acids is 1. The van der Waals surface area contributed by atoms with Gasteiger partial charge in [0, 0.05) is 11.4 Å². The number of aliphatic carboxylic acids is 1. The second kappa shape index (κ2) is 4.89. The second-order valence-electron chi connectivity index (χ2n) is 4.22. The Morgan fingerprint density at radius 2 is 2.22 bits per heavy atom. The van der Waals surface area contributed by atoms with Gasteiger partial charge in [-0.25, -0.2) is 4.79 Å². The number of carbonyl (C=O) groups excluding carboxylic acids is 1. The fourth-order valence-corrected chi connectivity index (χ4v) is 3.00. The van der Waals surface area contributed by atoms with Crippen LogP contribution in [-0.2, 0) is 4.79 Å². The van der Waals surface area contributed by atoms with Crippen molar-refractivity contribution in [2.45, 2.75) is 13.0 Å². The summed E-state index contributed by atoms with van der Waals surface area (Å²) in [5.41, 5.74) is 7.46. The smallest absolute Gasteiger partial charge is 0.327 e. The number of rotatable bonds is 2. The van der Waals surface area contributed by atoms with E-state index in [4.69, 9.17) is 10.8 Å². The number of carbonyl (C=O) groups is 2. The van der Waals surface area contributed by atoms with Gasteiger partial charge >= 0.3 is 5.97 Å². The number of aryl methyl sites for hydroxylation is 1. The van der Waals surface area contributed by atoms with Gasteiger partial charge in [-0.3, -0.25) is 4.79 Å². The first-order valence-electron chi connectivity index (χ1n) is 5.48. The summed E-state index contributed by atoms with van der Waals surface area (Å²) in [5, 5.41) is 9.06. The van der Waals surface area contributed by atoms with Crippen LogP contribution in [0.2, 0.25) is 0 Å². The molecule has 0 aromatic heterocycles. The van der Waals surface area contributed by atoms with Gasteiger partial charge in [-0.2, -0.15) is 0 Å². The highest BCUT2D eigenvalue weighted by molar-refractivity contribution is 7.99. The Bertz CT molecular complexity index is 504. The number of benzene rings is 1. The van der Waals surface area contributed by atoms with Gasteiger partial charge in [-0.15, -0.1) is 11.8 Å². The Labute approximate surface area is 109 Å². The van der Waals surface area contributed by atoms with Crippen molar-refractivity contribution >= 4 is 29.3 Å². The van der Waals surface area contributed by atoms with Crippen LogP contribution in [0.25, 0.3) is 0 Å². The van der Waals surface area contributed by atoms with Gasteiger partial charge in [-0.05, 0) is 19.1 Å². The zero-order valence-corrected chi connectivity index (χ0v) is 10.7. The van der Waals surface area contributed by atoms with Crippen LogP contribution in [0.4, 0.5) is 5.69 Å². The molecular weight excluding hydrogens is 252 g/mol. The summed E-state index contributed by atoms with van der Waals surface area (Å²) < 4.78 is 0. The zero-order valence-electron chi connectivity index (χ0n) is 9.92. The van der Waals surface area contributed by atoms with Crippen molar-refractivity contribution < 1.29 is 14.7 Å². The number of amides is 1. The molecule has 0 unspecified atom stereocenters. The average Bonchev–Trinajstić information content (AvgIpc) is 2.80. The van der Waals surface area contributed by atoms with Crippen LogP contribution >= 0.6 is 11.8 Å². The quantitative estimate of drug-likeness (QED) is 0.785. The average molecular weight is 266 g/mol. The third-order valence-electron chi connectivity index (χ3n) is 2.87. The minimum Gasteiger partial charge on any atom is -0.480 e. The van der Waals surface area contributed by atoms with E-state index in [9.17, 15) is 9.59 Å². The van der Waals surface area contributed by atoms with Crippen LogP contribution in [0, 0.1) is 6.92 Å². The summed E-state index contributed by atoms with van der Waals surface area (Å²) in [7, 11) is 0. The highest BCUT2D eigenvalue weighted by atomic mass is 32.2. The normalized spacial score (nSPS) is 18.9. The molecule has 2 rings (SSSR count). The first-order valence-corrected chi connectivity index (χ1v) is 6.64. The largest absolute Gasteiger partial charge is 0.480 e. The molecule has 96 valence electrons. The van der Waals surface area contributed by atoms with E-state index in [1.807, 2.05) is 13.0 Å². The lowest BCUT2D eigenvalue weighted by molar-refractivity contribution is -0.140. The lowest BCUT2D eigenvalue weighted by Crippen LogP contribution is -2.42. The van der Waals surface area contributed by atoms with Gasteiger partial charge in [0.2, 0.25) is 0 Å². The number of hydrogen-bond donors (Lipinski definition) is 2. The van der Waals surface area contributed by atoms with Crippen molar-refractivity contribution in [3.05, 3.63) is 29.3 Å². The first-order chi connectivity index (χ1) is 8.50. The van der Waals surface area contributed by atoms with Crippen LogP contribution in [0.3, 0.4) is 0 Å². The van der Waals surface area contributed by atoms with E-state index in [1.54, 1.807) is 12.1 Å². The first kappa shape index (κ1) is 12.8. The molecule has 3 N–H and O–H groups in total.